The van der Waals surface area contributed by atoms with Crippen LogP contribution in [0.15, 0.2) is 47.5 Å². The molecule has 0 fully saturated rings. The minimum Gasteiger partial charge on any atom is -0.454 e. The topological polar surface area (TPSA) is 52.8 Å². The van der Waals surface area contributed by atoms with Crippen LogP contribution < -0.4 is 14.3 Å². The first kappa shape index (κ1) is 15.9. The van der Waals surface area contributed by atoms with Crippen molar-refractivity contribution in [3.05, 3.63) is 57.9 Å². The Labute approximate surface area is 152 Å². The van der Waals surface area contributed by atoms with Gasteiger partial charge >= 0.3 is 0 Å². The first-order chi connectivity index (χ1) is 12.1. The number of nitrogens with zero attached hydrogens (tertiary/aromatic N) is 2. The Balaban J connectivity index is 1.68. The van der Waals surface area contributed by atoms with Gasteiger partial charge in [0.15, 0.2) is 16.3 Å². The molecule has 0 atom stereocenters. The van der Waals surface area contributed by atoms with Gasteiger partial charge in [-0.2, -0.15) is 4.99 Å². The van der Waals surface area contributed by atoms with Crippen LogP contribution in [-0.4, -0.2) is 17.3 Å². The summed E-state index contributed by atoms with van der Waals surface area (Å²) in [6, 6.07) is 11.1. The molecule has 0 aliphatic carbocycles. The molecular formula is C18H13ClN2O3S. The van der Waals surface area contributed by atoms with E-state index in [2.05, 4.69) is 4.99 Å². The number of ether oxygens (including phenoxy) is 2. The van der Waals surface area contributed by atoms with Gasteiger partial charge in [0.1, 0.15) is 0 Å². The van der Waals surface area contributed by atoms with E-state index in [9.17, 15) is 4.79 Å². The molecule has 3 aromatic rings. The van der Waals surface area contributed by atoms with Gasteiger partial charge in [-0.1, -0.05) is 41.1 Å². The number of aryl methyl sites for hydroxylation is 1. The second kappa shape index (κ2) is 6.38. The Kier molecular flexibility index (Phi) is 4.07. The van der Waals surface area contributed by atoms with Crippen molar-refractivity contribution in [3.63, 3.8) is 0 Å². The van der Waals surface area contributed by atoms with Crippen LogP contribution >= 0.6 is 22.9 Å². The number of aromatic nitrogens is 1. The highest BCUT2D eigenvalue weighted by molar-refractivity contribution is 7.16. The lowest BCUT2D eigenvalue weighted by atomic mass is 10.2. The smallest absolute Gasteiger partial charge is 0.272 e. The van der Waals surface area contributed by atoms with Crippen molar-refractivity contribution in [2.45, 2.75) is 0 Å². The van der Waals surface area contributed by atoms with E-state index in [0.717, 1.165) is 15.8 Å². The molecular weight excluding hydrogens is 360 g/mol. The maximum atomic E-state index is 12.2. The van der Waals surface area contributed by atoms with E-state index in [1.165, 1.54) is 17.4 Å². The number of hydrogen-bond acceptors (Lipinski definition) is 4. The third-order valence-corrected chi connectivity index (χ3v) is 5.26. The lowest BCUT2D eigenvalue weighted by Gasteiger charge is -1.98. The zero-order valence-electron chi connectivity index (χ0n) is 13.2. The van der Waals surface area contributed by atoms with Crippen molar-refractivity contribution in [3.8, 4) is 11.5 Å². The Morgan fingerprint density at radius 3 is 2.84 bits per heavy atom. The number of hydrogen-bond donors (Lipinski definition) is 0. The Morgan fingerprint density at radius 1 is 1.28 bits per heavy atom. The van der Waals surface area contributed by atoms with Gasteiger partial charge in [0.2, 0.25) is 6.79 Å². The molecule has 0 N–H and O–H groups in total. The van der Waals surface area contributed by atoms with Gasteiger partial charge in [-0.25, -0.2) is 0 Å². The first-order valence-electron chi connectivity index (χ1n) is 7.52. The number of carbonyl (C=O) groups is 1. The summed E-state index contributed by atoms with van der Waals surface area (Å²) in [5.41, 5.74) is 1.72. The molecule has 1 amide bonds. The van der Waals surface area contributed by atoms with Crippen LogP contribution in [0.1, 0.15) is 5.56 Å². The zero-order valence-corrected chi connectivity index (χ0v) is 14.8. The third-order valence-electron chi connectivity index (χ3n) is 3.82. The molecule has 1 aliphatic heterocycles. The predicted octanol–water partition coefficient (Wildman–Crippen LogP) is 3.76. The van der Waals surface area contributed by atoms with Crippen molar-refractivity contribution < 1.29 is 14.3 Å². The standard InChI is InChI=1S/C18H13ClN2O3S/c1-21-13-8-14-15(24-10-23-14)9-16(13)25-18(21)20-17(22)7-6-11-4-2-3-5-12(11)19/h2-9H,10H2,1H3. The molecule has 0 spiro atoms. The number of benzene rings is 2. The van der Waals surface area contributed by atoms with Crippen LogP contribution in [0, 0.1) is 0 Å². The second-order valence-electron chi connectivity index (χ2n) is 5.42. The summed E-state index contributed by atoms with van der Waals surface area (Å²) in [7, 11) is 1.87. The van der Waals surface area contributed by atoms with Gasteiger partial charge < -0.3 is 14.0 Å². The molecule has 126 valence electrons. The summed E-state index contributed by atoms with van der Waals surface area (Å²) in [5, 5.41) is 0.591. The summed E-state index contributed by atoms with van der Waals surface area (Å²) >= 11 is 7.50. The predicted molar refractivity (Wildman–Crippen MR) is 98.0 cm³/mol. The van der Waals surface area contributed by atoms with Gasteiger partial charge in [-0.3, -0.25) is 4.79 Å². The highest BCUT2D eigenvalue weighted by Crippen LogP contribution is 2.36. The average molecular weight is 373 g/mol. The number of fused-ring (bicyclic) bond motifs is 2. The molecule has 5 nitrogen and oxygen atoms in total. The van der Waals surface area contributed by atoms with Crippen LogP contribution in [-0.2, 0) is 11.8 Å². The van der Waals surface area contributed by atoms with Crippen LogP contribution in [0.5, 0.6) is 11.5 Å². The van der Waals surface area contributed by atoms with Crippen molar-refractivity contribution in [2.75, 3.05) is 6.79 Å². The lowest BCUT2D eigenvalue weighted by molar-refractivity contribution is -0.113. The molecule has 2 aromatic carbocycles. The zero-order chi connectivity index (χ0) is 17.4. The minimum atomic E-state index is -0.345. The fourth-order valence-corrected chi connectivity index (χ4v) is 3.76. The van der Waals surface area contributed by atoms with Crippen molar-refractivity contribution in [1.29, 1.82) is 0 Å². The van der Waals surface area contributed by atoms with Gasteiger partial charge in [0.25, 0.3) is 5.91 Å². The van der Waals surface area contributed by atoms with Gasteiger partial charge in [-0.15, -0.1) is 0 Å². The number of halogens is 1. The highest BCUT2D eigenvalue weighted by atomic mass is 35.5. The van der Waals surface area contributed by atoms with E-state index >= 15 is 0 Å². The molecule has 0 unspecified atom stereocenters. The Bertz CT molecular complexity index is 1080. The van der Waals surface area contributed by atoms with Crippen LogP contribution in [0.4, 0.5) is 0 Å². The summed E-state index contributed by atoms with van der Waals surface area (Å²) in [4.78, 5) is 17.0. The molecule has 4 rings (SSSR count). The number of carbonyl (C=O) groups excluding carboxylic acids is 1. The van der Waals surface area contributed by atoms with Gasteiger partial charge in [0, 0.05) is 30.3 Å². The molecule has 7 heteroatoms. The fourth-order valence-electron chi connectivity index (χ4n) is 2.53. The summed E-state index contributed by atoms with van der Waals surface area (Å²) in [5.74, 6) is 1.07. The maximum Gasteiger partial charge on any atom is 0.272 e. The van der Waals surface area contributed by atoms with E-state index in [1.807, 2.05) is 41.9 Å². The Morgan fingerprint density at radius 2 is 2.04 bits per heavy atom. The molecule has 0 saturated heterocycles. The van der Waals surface area contributed by atoms with Crippen molar-refractivity contribution in [2.24, 2.45) is 12.0 Å². The quantitative estimate of drug-likeness (QED) is 0.643. The van der Waals surface area contributed by atoms with E-state index in [1.54, 1.807) is 12.1 Å². The van der Waals surface area contributed by atoms with Gasteiger partial charge in [-0.05, 0) is 17.7 Å². The highest BCUT2D eigenvalue weighted by Gasteiger charge is 2.16. The minimum absolute atomic E-state index is 0.235. The summed E-state index contributed by atoms with van der Waals surface area (Å²) < 4.78 is 13.6. The molecule has 1 aliphatic rings. The summed E-state index contributed by atoms with van der Waals surface area (Å²) in [6.45, 7) is 0.235. The molecule has 0 saturated carbocycles. The third kappa shape index (κ3) is 3.06. The van der Waals surface area contributed by atoms with Crippen molar-refractivity contribution in [1.82, 2.24) is 4.57 Å². The van der Waals surface area contributed by atoms with Crippen LogP contribution in [0.2, 0.25) is 5.02 Å². The number of rotatable bonds is 2. The monoisotopic (exact) mass is 372 g/mol. The summed E-state index contributed by atoms with van der Waals surface area (Å²) in [6.07, 6.45) is 3.08. The van der Waals surface area contributed by atoms with Gasteiger partial charge in [0.05, 0.1) is 10.2 Å². The van der Waals surface area contributed by atoms with E-state index in [0.29, 0.717) is 21.3 Å². The van der Waals surface area contributed by atoms with E-state index in [4.69, 9.17) is 21.1 Å². The lowest BCUT2D eigenvalue weighted by Crippen LogP contribution is -2.12. The average Bonchev–Trinajstić information content (AvgIpc) is 3.17. The van der Waals surface area contributed by atoms with Crippen LogP contribution in [0.3, 0.4) is 0 Å². The largest absolute Gasteiger partial charge is 0.454 e. The second-order valence-corrected chi connectivity index (χ2v) is 6.84. The van der Waals surface area contributed by atoms with Crippen molar-refractivity contribution >= 4 is 45.1 Å². The normalized spacial score (nSPS) is 13.9. The number of thiazole rings is 1. The molecule has 0 radical (unpaired) electrons. The molecule has 0 bridgehead atoms. The SMILES string of the molecule is Cn1c(=NC(=O)C=Cc2ccccc2Cl)sc2cc3c(cc21)OCO3. The van der Waals surface area contributed by atoms with E-state index < -0.39 is 0 Å². The first-order valence-corrected chi connectivity index (χ1v) is 8.72. The maximum absolute atomic E-state index is 12.2. The van der Waals surface area contributed by atoms with E-state index in [-0.39, 0.29) is 12.7 Å². The molecule has 1 aromatic heterocycles. The van der Waals surface area contributed by atoms with Crippen LogP contribution in [0.25, 0.3) is 16.3 Å². The molecule has 2 heterocycles. The Hall–Kier alpha value is -2.57. The molecule has 25 heavy (non-hydrogen) atoms. The number of amides is 1. The fraction of sp³-hybridized carbons (Fsp3) is 0.111.